The average molecular weight is 387 g/mol. The first kappa shape index (κ1) is 20.8. The number of hydrogen-bond acceptors (Lipinski definition) is 5. The molecule has 2 aromatic carbocycles. The van der Waals surface area contributed by atoms with Crippen molar-refractivity contribution in [1.29, 1.82) is 0 Å². The van der Waals surface area contributed by atoms with Crippen molar-refractivity contribution in [2.45, 2.75) is 24.9 Å². The van der Waals surface area contributed by atoms with Crippen LogP contribution in [-0.2, 0) is 20.7 Å². The maximum Gasteiger partial charge on any atom is 0.328 e. The van der Waals surface area contributed by atoms with Crippen LogP contribution < -0.4 is 10.6 Å². The molecule has 0 bridgehead atoms. The van der Waals surface area contributed by atoms with Crippen molar-refractivity contribution < 1.29 is 14.3 Å². The summed E-state index contributed by atoms with van der Waals surface area (Å²) < 4.78 is 4.89. The lowest BCUT2D eigenvalue weighted by atomic mass is 10.1. The third kappa shape index (κ3) is 6.98. The molecule has 0 saturated heterocycles. The lowest BCUT2D eigenvalue weighted by molar-refractivity contribution is -0.145. The molecule has 0 saturated carbocycles. The van der Waals surface area contributed by atoms with E-state index in [0.717, 1.165) is 17.0 Å². The molecule has 0 aromatic heterocycles. The molecule has 0 heterocycles. The van der Waals surface area contributed by atoms with Crippen LogP contribution in [0.3, 0.4) is 0 Å². The summed E-state index contributed by atoms with van der Waals surface area (Å²) in [5.74, 6) is 0.175. The van der Waals surface area contributed by atoms with E-state index in [-0.39, 0.29) is 5.91 Å². The van der Waals surface area contributed by atoms with Gasteiger partial charge in [0.15, 0.2) is 0 Å². The van der Waals surface area contributed by atoms with Gasteiger partial charge in [0.25, 0.3) is 0 Å². The average Bonchev–Trinajstić information content (AvgIpc) is 2.71. The van der Waals surface area contributed by atoms with E-state index in [4.69, 9.17) is 4.74 Å². The van der Waals surface area contributed by atoms with Crippen LogP contribution in [0.1, 0.15) is 12.0 Å². The SMILES string of the molecule is COC(=O)[C@H](Cc1ccccc1)NC(=O)[C@H](CCSC)Nc1ccccc1. The van der Waals surface area contributed by atoms with Gasteiger partial charge < -0.3 is 15.4 Å². The molecule has 2 atom stereocenters. The van der Waals surface area contributed by atoms with Crippen molar-refractivity contribution in [3.05, 3.63) is 66.2 Å². The lowest BCUT2D eigenvalue weighted by Crippen LogP contribution is -2.49. The lowest BCUT2D eigenvalue weighted by Gasteiger charge is -2.23. The highest BCUT2D eigenvalue weighted by molar-refractivity contribution is 7.98. The Bertz CT molecular complexity index is 710. The number of amides is 1. The van der Waals surface area contributed by atoms with Crippen molar-refractivity contribution in [2.24, 2.45) is 0 Å². The molecule has 0 aliphatic heterocycles. The summed E-state index contributed by atoms with van der Waals surface area (Å²) in [6.07, 6.45) is 3.05. The number of carbonyl (C=O) groups is 2. The zero-order chi connectivity index (χ0) is 19.5. The van der Waals surface area contributed by atoms with Crippen LogP contribution in [0, 0.1) is 0 Å². The van der Waals surface area contributed by atoms with E-state index < -0.39 is 18.1 Å². The number of thioether (sulfide) groups is 1. The Morgan fingerprint density at radius 2 is 1.63 bits per heavy atom. The molecule has 5 nitrogen and oxygen atoms in total. The van der Waals surface area contributed by atoms with Crippen molar-refractivity contribution in [3.8, 4) is 0 Å². The highest BCUT2D eigenvalue weighted by atomic mass is 32.2. The number of benzene rings is 2. The second-order valence-corrected chi connectivity index (χ2v) is 7.10. The summed E-state index contributed by atoms with van der Waals surface area (Å²) in [4.78, 5) is 25.1. The molecule has 0 unspecified atom stereocenters. The number of hydrogen-bond donors (Lipinski definition) is 2. The van der Waals surface area contributed by atoms with Crippen LogP contribution in [0.25, 0.3) is 0 Å². The minimum absolute atomic E-state index is 0.209. The van der Waals surface area contributed by atoms with Gasteiger partial charge in [0, 0.05) is 12.1 Å². The van der Waals surface area contributed by atoms with Gasteiger partial charge in [-0.3, -0.25) is 4.79 Å². The van der Waals surface area contributed by atoms with E-state index in [1.165, 1.54) is 7.11 Å². The quantitative estimate of drug-likeness (QED) is 0.614. The first-order valence-corrected chi connectivity index (χ1v) is 10.3. The number of anilines is 1. The van der Waals surface area contributed by atoms with Gasteiger partial charge in [-0.05, 0) is 36.1 Å². The maximum absolute atomic E-state index is 12.9. The van der Waals surface area contributed by atoms with Crippen molar-refractivity contribution in [1.82, 2.24) is 5.32 Å². The Morgan fingerprint density at radius 1 is 1.00 bits per heavy atom. The van der Waals surface area contributed by atoms with Crippen molar-refractivity contribution in [3.63, 3.8) is 0 Å². The highest BCUT2D eigenvalue weighted by Gasteiger charge is 2.26. The third-order valence-corrected chi connectivity index (χ3v) is 4.77. The molecule has 2 aromatic rings. The molecule has 2 rings (SSSR count). The fourth-order valence-electron chi connectivity index (χ4n) is 2.70. The molecule has 0 spiro atoms. The van der Waals surface area contributed by atoms with Gasteiger partial charge in [0.1, 0.15) is 12.1 Å². The first-order valence-electron chi connectivity index (χ1n) is 8.86. The molecule has 0 aliphatic rings. The Balaban J connectivity index is 2.09. The van der Waals surface area contributed by atoms with Gasteiger partial charge in [0.05, 0.1) is 7.11 Å². The molecular formula is C21H26N2O3S. The Morgan fingerprint density at radius 3 is 2.22 bits per heavy atom. The Labute approximate surface area is 164 Å². The topological polar surface area (TPSA) is 67.4 Å². The molecule has 144 valence electrons. The number of ether oxygens (including phenoxy) is 1. The van der Waals surface area contributed by atoms with Gasteiger partial charge in [-0.25, -0.2) is 4.79 Å². The van der Waals surface area contributed by atoms with Crippen molar-refractivity contribution >= 4 is 29.3 Å². The molecule has 1 amide bonds. The summed E-state index contributed by atoms with van der Waals surface area (Å²) in [6.45, 7) is 0. The van der Waals surface area contributed by atoms with Gasteiger partial charge in [-0.15, -0.1) is 0 Å². The van der Waals surface area contributed by atoms with E-state index >= 15 is 0 Å². The second-order valence-electron chi connectivity index (χ2n) is 6.12. The van der Waals surface area contributed by atoms with Gasteiger partial charge >= 0.3 is 5.97 Å². The van der Waals surface area contributed by atoms with E-state index in [1.807, 2.05) is 66.9 Å². The highest BCUT2D eigenvalue weighted by Crippen LogP contribution is 2.12. The fourth-order valence-corrected chi connectivity index (χ4v) is 3.17. The van der Waals surface area contributed by atoms with E-state index in [2.05, 4.69) is 10.6 Å². The smallest absolute Gasteiger partial charge is 0.328 e. The van der Waals surface area contributed by atoms with Gasteiger partial charge in [0.2, 0.25) is 5.91 Å². The zero-order valence-electron chi connectivity index (χ0n) is 15.7. The number of nitrogens with one attached hydrogen (secondary N) is 2. The largest absolute Gasteiger partial charge is 0.467 e. The summed E-state index contributed by atoms with van der Waals surface area (Å²) >= 11 is 1.68. The number of para-hydroxylation sites is 1. The number of carbonyl (C=O) groups excluding carboxylic acids is 2. The molecule has 0 aliphatic carbocycles. The van der Waals surface area contributed by atoms with Crippen LogP contribution in [0.4, 0.5) is 5.69 Å². The molecule has 0 fully saturated rings. The molecule has 2 N–H and O–H groups in total. The van der Waals surface area contributed by atoms with Crippen LogP contribution in [0.2, 0.25) is 0 Å². The minimum atomic E-state index is -0.723. The zero-order valence-corrected chi connectivity index (χ0v) is 16.5. The fraction of sp³-hybridized carbons (Fsp3) is 0.333. The molecule has 27 heavy (non-hydrogen) atoms. The predicted molar refractivity (Wildman–Crippen MR) is 111 cm³/mol. The van der Waals surface area contributed by atoms with Crippen LogP contribution in [-0.4, -0.2) is 43.1 Å². The summed E-state index contributed by atoms with van der Waals surface area (Å²) in [6, 6.07) is 18.0. The van der Waals surface area contributed by atoms with E-state index in [1.54, 1.807) is 11.8 Å². The molecule has 0 radical (unpaired) electrons. The Hall–Kier alpha value is -2.47. The molecular weight excluding hydrogens is 360 g/mol. The van der Waals surface area contributed by atoms with Crippen molar-refractivity contribution in [2.75, 3.05) is 24.4 Å². The summed E-state index contributed by atoms with van der Waals surface area (Å²) in [7, 11) is 1.33. The van der Waals surface area contributed by atoms with Crippen LogP contribution >= 0.6 is 11.8 Å². The number of rotatable bonds is 10. The normalized spacial score (nSPS) is 12.7. The maximum atomic E-state index is 12.9. The Kier molecular flexibility index (Phi) is 8.71. The van der Waals surface area contributed by atoms with Gasteiger partial charge in [-0.2, -0.15) is 11.8 Å². The number of methoxy groups -OCH3 is 1. The monoisotopic (exact) mass is 386 g/mol. The number of esters is 1. The van der Waals surface area contributed by atoms with E-state index in [9.17, 15) is 9.59 Å². The van der Waals surface area contributed by atoms with Gasteiger partial charge in [-0.1, -0.05) is 48.5 Å². The minimum Gasteiger partial charge on any atom is -0.467 e. The second kappa shape index (κ2) is 11.3. The summed E-state index contributed by atoms with van der Waals surface area (Å²) in [5.41, 5.74) is 1.83. The van der Waals surface area contributed by atoms with Crippen LogP contribution in [0.15, 0.2) is 60.7 Å². The van der Waals surface area contributed by atoms with E-state index in [0.29, 0.717) is 12.8 Å². The standard InChI is InChI=1S/C21H26N2O3S/c1-26-21(25)19(15-16-9-5-3-6-10-16)23-20(24)18(13-14-27-2)22-17-11-7-4-8-12-17/h3-12,18-19,22H,13-15H2,1-2H3,(H,23,24)/t18-,19-/m0/s1. The predicted octanol–water partition coefficient (Wildman–Crippen LogP) is 3.12. The first-order chi connectivity index (χ1) is 13.1. The summed E-state index contributed by atoms with van der Waals surface area (Å²) in [5, 5.41) is 6.12. The molecule has 6 heteroatoms. The van der Waals surface area contributed by atoms with Crippen LogP contribution in [0.5, 0.6) is 0 Å². The third-order valence-electron chi connectivity index (χ3n) is 4.13.